The fourth-order valence-electron chi connectivity index (χ4n) is 2.96. The van der Waals surface area contributed by atoms with Crippen molar-refractivity contribution in [3.05, 3.63) is 58.1 Å². The van der Waals surface area contributed by atoms with Crippen LogP contribution in [0.4, 0.5) is 0 Å². The standard InChI is InChI=1S/C19H25NO3S/c1-13-6-7-18(15(3)10-13)23-9-8-20-24(21,22)19-16(4)11-14(2)12-17(19)5/h6-7,10-12,20H,8-9H2,1-5H3. The van der Waals surface area contributed by atoms with E-state index in [2.05, 4.69) is 4.72 Å². The number of nitrogens with one attached hydrogen (secondary N) is 1. The number of rotatable bonds is 6. The lowest BCUT2D eigenvalue weighted by Gasteiger charge is -2.14. The molecule has 0 aliphatic heterocycles. The second-order valence-electron chi connectivity index (χ2n) is 6.24. The van der Waals surface area contributed by atoms with Gasteiger partial charge in [0.15, 0.2) is 0 Å². The second kappa shape index (κ2) is 7.36. The van der Waals surface area contributed by atoms with Gasteiger partial charge in [-0.1, -0.05) is 35.4 Å². The Hall–Kier alpha value is -1.85. The van der Waals surface area contributed by atoms with E-state index in [1.807, 2.05) is 65.0 Å². The molecular formula is C19H25NO3S. The lowest BCUT2D eigenvalue weighted by Crippen LogP contribution is -2.29. The molecule has 0 bridgehead atoms. The van der Waals surface area contributed by atoms with Gasteiger partial charge >= 0.3 is 0 Å². The van der Waals surface area contributed by atoms with Gasteiger partial charge in [-0.25, -0.2) is 13.1 Å². The van der Waals surface area contributed by atoms with Crippen LogP contribution in [0.2, 0.25) is 0 Å². The predicted molar refractivity (Wildman–Crippen MR) is 97.3 cm³/mol. The van der Waals surface area contributed by atoms with Crippen molar-refractivity contribution in [2.24, 2.45) is 0 Å². The van der Waals surface area contributed by atoms with Crippen molar-refractivity contribution in [2.45, 2.75) is 39.5 Å². The van der Waals surface area contributed by atoms with E-state index in [1.54, 1.807) is 0 Å². The largest absolute Gasteiger partial charge is 0.492 e. The lowest BCUT2D eigenvalue weighted by atomic mass is 10.1. The van der Waals surface area contributed by atoms with E-state index in [1.165, 1.54) is 5.56 Å². The Morgan fingerprint density at radius 1 is 0.875 bits per heavy atom. The van der Waals surface area contributed by atoms with Crippen LogP contribution in [0.1, 0.15) is 27.8 Å². The molecule has 2 aromatic rings. The minimum atomic E-state index is -3.54. The van der Waals surface area contributed by atoms with Crippen LogP contribution in [-0.4, -0.2) is 21.6 Å². The van der Waals surface area contributed by atoms with Crippen molar-refractivity contribution >= 4 is 10.0 Å². The summed E-state index contributed by atoms with van der Waals surface area (Å²) in [6.07, 6.45) is 0. The summed E-state index contributed by atoms with van der Waals surface area (Å²) in [5.41, 5.74) is 4.79. The summed E-state index contributed by atoms with van der Waals surface area (Å²) in [6.45, 7) is 10.1. The van der Waals surface area contributed by atoms with Gasteiger partial charge in [0.05, 0.1) is 4.90 Å². The maximum Gasteiger partial charge on any atom is 0.241 e. The molecule has 0 atom stereocenters. The SMILES string of the molecule is Cc1ccc(OCCNS(=O)(=O)c2c(C)cc(C)cc2C)c(C)c1. The first-order valence-corrected chi connectivity index (χ1v) is 9.46. The quantitative estimate of drug-likeness (QED) is 0.813. The average Bonchev–Trinajstić information content (AvgIpc) is 2.43. The molecule has 2 aromatic carbocycles. The Balaban J connectivity index is 2.01. The minimum absolute atomic E-state index is 0.225. The van der Waals surface area contributed by atoms with Crippen LogP contribution < -0.4 is 9.46 Å². The Labute approximate surface area is 144 Å². The molecule has 0 unspecified atom stereocenters. The van der Waals surface area contributed by atoms with E-state index in [9.17, 15) is 8.42 Å². The fraction of sp³-hybridized carbons (Fsp3) is 0.368. The van der Waals surface area contributed by atoms with E-state index in [0.717, 1.165) is 28.0 Å². The summed E-state index contributed by atoms with van der Waals surface area (Å²) in [5, 5.41) is 0. The highest BCUT2D eigenvalue weighted by Gasteiger charge is 2.19. The highest BCUT2D eigenvalue weighted by Crippen LogP contribution is 2.21. The van der Waals surface area contributed by atoms with Crippen LogP contribution in [0, 0.1) is 34.6 Å². The summed E-state index contributed by atoms with van der Waals surface area (Å²) in [5.74, 6) is 0.780. The number of benzene rings is 2. The molecule has 4 nitrogen and oxygen atoms in total. The molecule has 2 rings (SSSR count). The second-order valence-corrected chi connectivity index (χ2v) is 7.95. The third-order valence-electron chi connectivity index (χ3n) is 3.86. The van der Waals surface area contributed by atoms with E-state index >= 15 is 0 Å². The molecule has 0 amide bonds. The summed E-state index contributed by atoms with van der Waals surface area (Å²) in [7, 11) is -3.54. The van der Waals surface area contributed by atoms with Crippen molar-refractivity contribution in [1.82, 2.24) is 4.72 Å². The molecule has 5 heteroatoms. The molecule has 1 N–H and O–H groups in total. The molecule has 0 aliphatic rings. The Morgan fingerprint density at radius 3 is 2.04 bits per heavy atom. The van der Waals surface area contributed by atoms with Crippen molar-refractivity contribution < 1.29 is 13.2 Å². The zero-order valence-corrected chi connectivity index (χ0v) is 15.8. The van der Waals surface area contributed by atoms with Gasteiger partial charge in [-0.15, -0.1) is 0 Å². The summed E-state index contributed by atoms with van der Waals surface area (Å²) in [6, 6.07) is 9.69. The lowest BCUT2D eigenvalue weighted by molar-refractivity contribution is 0.320. The molecule has 0 aliphatic carbocycles. The minimum Gasteiger partial charge on any atom is -0.492 e. The Bertz CT molecular complexity index is 819. The first kappa shape index (κ1) is 18.5. The first-order valence-electron chi connectivity index (χ1n) is 7.98. The van der Waals surface area contributed by atoms with Crippen LogP contribution >= 0.6 is 0 Å². The monoisotopic (exact) mass is 347 g/mol. The molecule has 0 saturated heterocycles. The van der Waals surface area contributed by atoms with Crippen LogP contribution in [0.3, 0.4) is 0 Å². The highest BCUT2D eigenvalue weighted by molar-refractivity contribution is 7.89. The Kier molecular flexibility index (Phi) is 5.67. The van der Waals surface area contributed by atoms with Crippen LogP contribution in [0.15, 0.2) is 35.2 Å². The number of hydrogen-bond donors (Lipinski definition) is 1. The number of aryl methyl sites for hydroxylation is 5. The predicted octanol–water partition coefficient (Wildman–Crippen LogP) is 3.59. The van der Waals surface area contributed by atoms with Crippen molar-refractivity contribution in [3.8, 4) is 5.75 Å². The van der Waals surface area contributed by atoms with Gasteiger partial charge in [-0.2, -0.15) is 0 Å². The number of ether oxygens (including phenoxy) is 1. The molecule has 0 saturated carbocycles. The molecule has 24 heavy (non-hydrogen) atoms. The smallest absolute Gasteiger partial charge is 0.241 e. The molecule has 0 aromatic heterocycles. The molecular weight excluding hydrogens is 322 g/mol. The van der Waals surface area contributed by atoms with Crippen molar-refractivity contribution in [3.63, 3.8) is 0 Å². The maximum atomic E-state index is 12.5. The normalized spacial score (nSPS) is 11.5. The molecule has 0 spiro atoms. The van der Waals surface area contributed by atoms with E-state index in [-0.39, 0.29) is 13.2 Å². The van der Waals surface area contributed by atoms with Gasteiger partial charge in [-0.3, -0.25) is 0 Å². The van der Waals surface area contributed by atoms with Gasteiger partial charge in [0.2, 0.25) is 10.0 Å². The highest BCUT2D eigenvalue weighted by atomic mass is 32.2. The zero-order chi connectivity index (χ0) is 17.9. The van der Waals surface area contributed by atoms with Gasteiger partial charge < -0.3 is 4.74 Å². The average molecular weight is 347 g/mol. The van der Waals surface area contributed by atoms with Gasteiger partial charge in [0.1, 0.15) is 12.4 Å². The van der Waals surface area contributed by atoms with Crippen molar-refractivity contribution in [2.75, 3.05) is 13.2 Å². The van der Waals surface area contributed by atoms with Crippen LogP contribution in [-0.2, 0) is 10.0 Å². The van der Waals surface area contributed by atoms with Gasteiger partial charge in [0.25, 0.3) is 0 Å². The molecule has 130 valence electrons. The Morgan fingerprint density at radius 2 is 1.46 bits per heavy atom. The molecule has 0 radical (unpaired) electrons. The topological polar surface area (TPSA) is 55.4 Å². The van der Waals surface area contributed by atoms with E-state index < -0.39 is 10.0 Å². The third kappa shape index (κ3) is 4.36. The summed E-state index contributed by atoms with van der Waals surface area (Å²) in [4.78, 5) is 0.361. The van der Waals surface area contributed by atoms with E-state index in [0.29, 0.717) is 4.90 Å². The molecule has 0 heterocycles. The first-order chi connectivity index (χ1) is 11.2. The maximum absolute atomic E-state index is 12.5. The number of sulfonamides is 1. The third-order valence-corrected chi connectivity index (χ3v) is 5.62. The fourth-order valence-corrected chi connectivity index (χ4v) is 4.42. The van der Waals surface area contributed by atoms with Gasteiger partial charge in [-0.05, 0) is 57.4 Å². The number of hydrogen-bond acceptors (Lipinski definition) is 3. The van der Waals surface area contributed by atoms with Crippen LogP contribution in [0.5, 0.6) is 5.75 Å². The molecule has 0 fully saturated rings. The zero-order valence-electron chi connectivity index (χ0n) is 14.9. The van der Waals surface area contributed by atoms with E-state index in [4.69, 9.17) is 4.74 Å². The van der Waals surface area contributed by atoms with Crippen LogP contribution in [0.25, 0.3) is 0 Å². The van der Waals surface area contributed by atoms with Gasteiger partial charge in [0, 0.05) is 6.54 Å². The summed E-state index contributed by atoms with van der Waals surface area (Å²) >= 11 is 0. The summed E-state index contributed by atoms with van der Waals surface area (Å²) < 4.78 is 33.4. The van der Waals surface area contributed by atoms with Crippen molar-refractivity contribution in [1.29, 1.82) is 0 Å².